The number of carbonyl (C=O) groups excluding carboxylic acids is 2. The van der Waals surface area contributed by atoms with Crippen molar-refractivity contribution in [2.24, 2.45) is 5.41 Å². The molecule has 0 unspecified atom stereocenters. The van der Waals surface area contributed by atoms with Gasteiger partial charge in [-0.3, -0.25) is 4.79 Å². The van der Waals surface area contributed by atoms with E-state index in [2.05, 4.69) is 12.6 Å². The van der Waals surface area contributed by atoms with E-state index in [1.54, 1.807) is 24.3 Å². The van der Waals surface area contributed by atoms with Gasteiger partial charge in [-0.15, -0.1) is 0 Å². The van der Waals surface area contributed by atoms with Crippen LogP contribution in [-0.2, 0) is 15.3 Å². The van der Waals surface area contributed by atoms with Crippen molar-refractivity contribution in [3.63, 3.8) is 0 Å². The van der Waals surface area contributed by atoms with Gasteiger partial charge in [-0.05, 0) is 11.0 Å². The summed E-state index contributed by atoms with van der Waals surface area (Å²) in [6.45, 7) is 6.04. The maximum absolute atomic E-state index is 11.8. The number of ketones is 1. The normalized spacial score (nSPS) is 11.1. The largest absolute Gasteiger partial charge is 0.459 e. The van der Waals surface area contributed by atoms with Gasteiger partial charge >= 0.3 is 5.97 Å². The van der Waals surface area contributed by atoms with Crippen LogP contribution in [0.2, 0.25) is 0 Å². The maximum Gasteiger partial charge on any atom is 0.379 e. The Morgan fingerprint density at radius 1 is 1.17 bits per heavy atom. The molecular weight excluding hydrogens is 248 g/mol. The summed E-state index contributed by atoms with van der Waals surface area (Å²) in [5, 5.41) is 0. The zero-order valence-corrected chi connectivity index (χ0v) is 11.8. The molecule has 0 radical (unpaired) electrons. The molecule has 0 saturated heterocycles. The molecule has 0 aromatic heterocycles. The third kappa shape index (κ3) is 4.53. The fourth-order valence-corrected chi connectivity index (χ4v) is 1.44. The maximum atomic E-state index is 11.8. The zero-order valence-electron chi connectivity index (χ0n) is 10.9. The predicted octanol–water partition coefficient (Wildman–Crippen LogP) is 2.89. The van der Waals surface area contributed by atoms with Crippen LogP contribution in [-0.4, -0.2) is 18.4 Å². The number of thiol groups is 1. The first-order valence-electron chi connectivity index (χ1n) is 5.75. The average Bonchev–Trinajstić information content (AvgIpc) is 2.34. The first kappa shape index (κ1) is 14.8. The SMILES string of the molecule is CC(C)(C)COC(=O)C(=O)c1ccc(CS)cc1. The van der Waals surface area contributed by atoms with Gasteiger partial charge in [0.05, 0.1) is 6.61 Å². The molecule has 0 aliphatic carbocycles. The van der Waals surface area contributed by atoms with E-state index in [-0.39, 0.29) is 12.0 Å². The summed E-state index contributed by atoms with van der Waals surface area (Å²) >= 11 is 4.13. The summed E-state index contributed by atoms with van der Waals surface area (Å²) in [5.74, 6) is -0.809. The Labute approximate surface area is 113 Å². The topological polar surface area (TPSA) is 43.4 Å². The molecule has 0 aliphatic heterocycles. The van der Waals surface area contributed by atoms with E-state index >= 15 is 0 Å². The first-order chi connectivity index (χ1) is 8.33. The molecule has 0 spiro atoms. The van der Waals surface area contributed by atoms with Crippen molar-refractivity contribution in [3.8, 4) is 0 Å². The second kappa shape index (κ2) is 6.05. The van der Waals surface area contributed by atoms with E-state index in [9.17, 15) is 9.59 Å². The molecule has 3 nitrogen and oxygen atoms in total. The van der Waals surface area contributed by atoms with Gasteiger partial charge in [0.2, 0.25) is 0 Å². The molecule has 4 heteroatoms. The van der Waals surface area contributed by atoms with Crippen molar-refractivity contribution in [1.29, 1.82) is 0 Å². The summed E-state index contributed by atoms with van der Waals surface area (Å²) in [7, 11) is 0. The van der Waals surface area contributed by atoms with Gasteiger partial charge in [-0.1, -0.05) is 45.0 Å². The van der Waals surface area contributed by atoms with Gasteiger partial charge in [0, 0.05) is 11.3 Å². The Kier molecular flexibility index (Phi) is 4.96. The molecule has 1 aromatic rings. The summed E-state index contributed by atoms with van der Waals surface area (Å²) in [6, 6.07) is 6.78. The van der Waals surface area contributed by atoms with Crippen molar-refractivity contribution >= 4 is 24.4 Å². The van der Waals surface area contributed by atoms with Crippen molar-refractivity contribution in [3.05, 3.63) is 35.4 Å². The van der Waals surface area contributed by atoms with Crippen LogP contribution in [0.5, 0.6) is 0 Å². The summed E-state index contributed by atoms with van der Waals surface area (Å²) in [4.78, 5) is 23.3. The highest BCUT2D eigenvalue weighted by Crippen LogP contribution is 2.14. The van der Waals surface area contributed by atoms with Gasteiger partial charge in [0.1, 0.15) is 0 Å². The fraction of sp³-hybridized carbons (Fsp3) is 0.429. The van der Waals surface area contributed by atoms with Gasteiger partial charge < -0.3 is 4.74 Å². The minimum absolute atomic E-state index is 0.147. The van der Waals surface area contributed by atoms with Crippen LogP contribution in [0.3, 0.4) is 0 Å². The van der Waals surface area contributed by atoms with Crippen molar-refractivity contribution in [1.82, 2.24) is 0 Å². The lowest BCUT2D eigenvalue weighted by Crippen LogP contribution is -2.23. The number of ether oxygens (including phenoxy) is 1. The number of Topliss-reactive ketones (excluding diaryl/α,β-unsaturated/α-hetero) is 1. The van der Waals surface area contributed by atoms with Crippen LogP contribution in [0, 0.1) is 5.41 Å². The first-order valence-corrected chi connectivity index (χ1v) is 6.38. The quantitative estimate of drug-likeness (QED) is 0.394. The minimum atomic E-state index is -0.802. The number of esters is 1. The molecule has 0 fully saturated rings. The molecule has 0 amide bonds. The molecule has 1 rings (SSSR count). The molecule has 0 aliphatic rings. The summed E-state index contributed by atoms with van der Waals surface area (Å²) < 4.78 is 4.98. The molecule has 0 bridgehead atoms. The molecule has 1 aromatic carbocycles. The highest BCUT2D eigenvalue weighted by Gasteiger charge is 2.20. The molecular formula is C14H18O3S. The lowest BCUT2D eigenvalue weighted by atomic mass is 9.99. The summed E-state index contributed by atoms with van der Waals surface area (Å²) in [5.41, 5.74) is 1.20. The molecule has 98 valence electrons. The molecule has 0 atom stereocenters. The van der Waals surface area contributed by atoms with Gasteiger partial charge in [0.25, 0.3) is 5.78 Å². The van der Waals surface area contributed by atoms with Crippen LogP contribution in [0.25, 0.3) is 0 Å². The van der Waals surface area contributed by atoms with E-state index in [0.717, 1.165) is 5.56 Å². The Hall–Kier alpha value is -1.29. The Balaban J connectivity index is 2.65. The van der Waals surface area contributed by atoms with E-state index in [0.29, 0.717) is 11.3 Å². The molecule has 18 heavy (non-hydrogen) atoms. The Bertz CT molecular complexity index is 429. The van der Waals surface area contributed by atoms with Crippen LogP contribution >= 0.6 is 12.6 Å². The van der Waals surface area contributed by atoms with Crippen molar-refractivity contribution in [2.45, 2.75) is 26.5 Å². The Morgan fingerprint density at radius 3 is 2.17 bits per heavy atom. The number of hydrogen-bond acceptors (Lipinski definition) is 4. The van der Waals surface area contributed by atoms with Gasteiger partial charge in [-0.25, -0.2) is 4.79 Å². The van der Waals surface area contributed by atoms with Crippen LogP contribution in [0.4, 0.5) is 0 Å². The Morgan fingerprint density at radius 2 is 1.72 bits per heavy atom. The highest BCUT2D eigenvalue weighted by molar-refractivity contribution is 7.79. The fourth-order valence-electron chi connectivity index (χ4n) is 1.23. The van der Waals surface area contributed by atoms with E-state index in [4.69, 9.17) is 4.74 Å². The van der Waals surface area contributed by atoms with Crippen LogP contribution in [0.1, 0.15) is 36.7 Å². The van der Waals surface area contributed by atoms with Gasteiger partial charge in [-0.2, -0.15) is 12.6 Å². The zero-order chi connectivity index (χ0) is 13.8. The predicted molar refractivity (Wildman–Crippen MR) is 73.9 cm³/mol. The number of hydrogen-bond donors (Lipinski definition) is 1. The third-order valence-electron chi connectivity index (χ3n) is 2.22. The average molecular weight is 266 g/mol. The van der Waals surface area contributed by atoms with Crippen LogP contribution in [0.15, 0.2) is 24.3 Å². The molecule has 0 heterocycles. The monoisotopic (exact) mass is 266 g/mol. The van der Waals surface area contributed by atoms with Crippen molar-refractivity contribution < 1.29 is 14.3 Å². The highest BCUT2D eigenvalue weighted by atomic mass is 32.1. The number of benzene rings is 1. The van der Waals surface area contributed by atoms with E-state index in [1.807, 2.05) is 20.8 Å². The smallest absolute Gasteiger partial charge is 0.379 e. The second-order valence-corrected chi connectivity index (χ2v) is 5.64. The number of rotatable bonds is 4. The minimum Gasteiger partial charge on any atom is -0.459 e. The van der Waals surface area contributed by atoms with Crippen molar-refractivity contribution in [2.75, 3.05) is 6.61 Å². The van der Waals surface area contributed by atoms with Gasteiger partial charge in [0.15, 0.2) is 0 Å². The molecule has 0 saturated carbocycles. The van der Waals surface area contributed by atoms with E-state index in [1.165, 1.54) is 0 Å². The summed E-state index contributed by atoms with van der Waals surface area (Å²) in [6.07, 6.45) is 0. The third-order valence-corrected chi connectivity index (χ3v) is 2.59. The second-order valence-electron chi connectivity index (χ2n) is 5.32. The molecule has 0 N–H and O–H groups in total. The number of carbonyl (C=O) groups is 2. The lowest BCUT2D eigenvalue weighted by molar-refractivity contribution is -0.140. The van der Waals surface area contributed by atoms with Crippen LogP contribution < -0.4 is 0 Å². The lowest BCUT2D eigenvalue weighted by Gasteiger charge is -2.17. The standard InChI is InChI=1S/C14H18O3S/c1-14(2,3)9-17-13(16)12(15)11-6-4-10(8-18)5-7-11/h4-7,18H,8-9H2,1-3H3. The van der Waals surface area contributed by atoms with E-state index < -0.39 is 11.8 Å².